The second-order valence-electron chi connectivity index (χ2n) is 2.95. The number of aliphatic carboxylic acids is 1. The minimum atomic E-state index is -4.52. The molecule has 0 heterocycles. The average Bonchev–Trinajstić information content (AvgIpc) is 2.15. The molecule has 94 valence electrons. The highest BCUT2D eigenvalue weighted by Crippen LogP contribution is 2.38. The number of benzene rings is 1. The average molecular weight is 272 g/mol. The number of alkyl halides is 5. The smallest absolute Gasteiger partial charge is 0.446 e. The summed E-state index contributed by atoms with van der Waals surface area (Å²) < 4.78 is 61.6. The third-order valence-electron chi connectivity index (χ3n) is 1.72. The molecule has 8 heteroatoms. The van der Waals surface area contributed by atoms with Crippen molar-refractivity contribution in [1.82, 2.24) is 0 Å². The van der Waals surface area contributed by atoms with Gasteiger partial charge in [-0.15, -0.1) is 0 Å². The Kier molecular flexibility index (Phi) is 3.65. The predicted molar refractivity (Wildman–Crippen MR) is 49.9 cm³/mol. The minimum absolute atomic E-state index is 0.289. The van der Waals surface area contributed by atoms with Crippen LogP contribution in [0.15, 0.2) is 29.2 Å². The summed E-state index contributed by atoms with van der Waals surface area (Å²) in [5.74, 6) is -6.46. The van der Waals surface area contributed by atoms with E-state index in [2.05, 4.69) is 0 Å². The highest BCUT2D eigenvalue weighted by molar-refractivity contribution is 8.00. The maximum Gasteiger partial charge on any atom is 0.446 e. The van der Waals surface area contributed by atoms with Crippen LogP contribution in [0.5, 0.6) is 0 Å². The van der Waals surface area contributed by atoms with Crippen LogP contribution in [0.3, 0.4) is 0 Å². The van der Waals surface area contributed by atoms with E-state index >= 15 is 0 Å². The zero-order valence-corrected chi connectivity index (χ0v) is 8.78. The molecule has 0 spiro atoms. The molecule has 0 radical (unpaired) electrons. The number of thioether (sulfide) groups is 1. The van der Waals surface area contributed by atoms with Crippen molar-refractivity contribution in [1.29, 1.82) is 0 Å². The van der Waals surface area contributed by atoms with Crippen molar-refractivity contribution in [2.75, 3.05) is 0 Å². The predicted octanol–water partition coefficient (Wildman–Crippen LogP) is 3.47. The molecule has 0 bridgehead atoms. The molecule has 0 aromatic heterocycles. The zero-order chi connectivity index (χ0) is 13.3. The van der Waals surface area contributed by atoms with E-state index in [1.54, 1.807) is 0 Å². The lowest BCUT2D eigenvalue weighted by Gasteiger charge is -2.12. The van der Waals surface area contributed by atoms with Gasteiger partial charge in [-0.2, -0.15) is 22.0 Å². The molecule has 2 nitrogen and oxygen atoms in total. The highest BCUT2D eigenvalue weighted by atomic mass is 32.2. The molecule has 0 unspecified atom stereocenters. The summed E-state index contributed by atoms with van der Waals surface area (Å²) in [5, 5.41) is 8.22. The quantitative estimate of drug-likeness (QED) is 0.676. The molecular weight excluding hydrogens is 267 g/mol. The van der Waals surface area contributed by atoms with E-state index in [4.69, 9.17) is 5.11 Å². The summed E-state index contributed by atoms with van der Waals surface area (Å²) in [7, 11) is 0. The van der Waals surface area contributed by atoms with Crippen LogP contribution >= 0.6 is 11.8 Å². The lowest BCUT2D eigenvalue weighted by atomic mass is 10.1. The Balaban J connectivity index is 2.93. The number of halogens is 5. The number of rotatable bonds is 3. The van der Waals surface area contributed by atoms with Gasteiger partial charge >= 0.3 is 17.4 Å². The Hall–Kier alpha value is -1.31. The lowest BCUT2D eigenvalue weighted by molar-refractivity contribution is -0.166. The Morgan fingerprint density at radius 1 is 1.06 bits per heavy atom. The van der Waals surface area contributed by atoms with Gasteiger partial charge in [-0.3, -0.25) is 0 Å². The first-order chi connectivity index (χ1) is 7.63. The van der Waals surface area contributed by atoms with E-state index in [0.717, 1.165) is 12.1 Å². The molecule has 1 rings (SSSR count). The van der Waals surface area contributed by atoms with Crippen LogP contribution in [0.25, 0.3) is 0 Å². The Morgan fingerprint density at radius 3 is 1.88 bits per heavy atom. The van der Waals surface area contributed by atoms with Crippen LogP contribution in [-0.2, 0) is 10.7 Å². The summed E-state index contributed by atoms with van der Waals surface area (Å²) in [5.41, 5.74) is -5.38. The van der Waals surface area contributed by atoms with E-state index in [-0.39, 0.29) is 4.90 Å². The van der Waals surface area contributed by atoms with Crippen molar-refractivity contribution >= 4 is 17.7 Å². The molecule has 0 saturated heterocycles. The first kappa shape index (κ1) is 13.8. The summed E-state index contributed by atoms with van der Waals surface area (Å²) in [6.45, 7) is 0. The monoisotopic (exact) mass is 272 g/mol. The van der Waals surface area contributed by atoms with Crippen LogP contribution in [0, 0.1) is 0 Å². The van der Waals surface area contributed by atoms with Gasteiger partial charge in [0.1, 0.15) is 0 Å². The third-order valence-corrected chi connectivity index (χ3v) is 2.46. The molecule has 1 aromatic carbocycles. The second kappa shape index (κ2) is 4.52. The molecular formula is C9H5F5O2S. The zero-order valence-electron chi connectivity index (χ0n) is 7.96. The van der Waals surface area contributed by atoms with Gasteiger partial charge < -0.3 is 5.11 Å². The van der Waals surface area contributed by atoms with Gasteiger partial charge in [-0.1, -0.05) is 12.1 Å². The maximum absolute atomic E-state index is 12.9. The van der Waals surface area contributed by atoms with E-state index < -0.39 is 34.7 Å². The highest BCUT2D eigenvalue weighted by Gasteiger charge is 2.41. The first-order valence-electron chi connectivity index (χ1n) is 4.10. The lowest BCUT2D eigenvalue weighted by Crippen LogP contribution is -2.25. The fraction of sp³-hybridized carbons (Fsp3) is 0.222. The van der Waals surface area contributed by atoms with Gasteiger partial charge in [0.15, 0.2) is 0 Å². The fourth-order valence-corrected chi connectivity index (χ4v) is 1.53. The number of hydrogen-bond donors (Lipinski definition) is 1. The molecule has 0 aliphatic heterocycles. The topological polar surface area (TPSA) is 37.3 Å². The number of hydrogen-bond acceptors (Lipinski definition) is 2. The molecule has 0 aliphatic rings. The van der Waals surface area contributed by atoms with Crippen molar-refractivity contribution in [3.05, 3.63) is 29.8 Å². The van der Waals surface area contributed by atoms with Gasteiger partial charge in [0, 0.05) is 10.5 Å². The van der Waals surface area contributed by atoms with Crippen molar-refractivity contribution < 1.29 is 31.9 Å². The molecule has 0 fully saturated rings. The van der Waals surface area contributed by atoms with Crippen LogP contribution in [0.1, 0.15) is 5.56 Å². The number of carboxylic acids is 1. The molecule has 0 amide bonds. The second-order valence-corrected chi connectivity index (χ2v) is 4.09. The van der Waals surface area contributed by atoms with Gasteiger partial charge in [0.25, 0.3) is 0 Å². The summed E-state index contributed by atoms with van der Waals surface area (Å²) in [6, 6.07) is 2.90. The van der Waals surface area contributed by atoms with Gasteiger partial charge in [0.05, 0.1) is 0 Å². The Bertz CT molecular complexity index is 412. The van der Waals surface area contributed by atoms with Crippen LogP contribution < -0.4 is 0 Å². The first-order valence-corrected chi connectivity index (χ1v) is 4.92. The van der Waals surface area contributed by atoms with E-state index in [1.165, 1.54) is 0 Å². The minimum Gasteiger partial charge on any atom is -0.477 e. The maximum atomic E-state index is 12.9. The van der Waals surface area contributed by atoms with E-state index in [0.29, 0.717) is 12.1 Å². The van der Waals surface area contributed by atoms with Crippen molar-refractivity contribution in [2.24, 2.45) is 0 Å². The Morgan fingerprint density at radius 2 is 1.53 bits per heavy atom. The standard InChI is InChI=1S/C9H5F5O2S/c10-8(11,7(15)16)5-1-3-6(4-2-5)17-9(12,13)14/h1-4H,(H,15,16). The van der Waals surface area contributed by atoms with Gasteiger partial charge in [-0.25, -0.2) is 4.79 Å². The molecule has 1 N–H and O–H groups in total. The molecule has 0 atom stereocenters. The van der Waals surface area contributed by atoms with Crippen LogP contribution in [0.2, 0.25) is 0 Å². The summed E-state index contributed by atoms with van der Waals surface area (Å²) in [6.07, 6.45) is 0. The van der Waals surface area contributed by atoms with Crippen LogP contribution in [-0.4, -0.2) is 16.6 Å². The number of carboxylic acid groups (broad SMARTS) is 1. The van der Waals surface area contributed by atoms with Crippen molar-refractivity contribution in [3.63, 3.8) is 0 Å². The summed E-state index contributed by atoms with van der Waals surface area (Å²) in [4.78, 5) is 9.91. The fourth-order valence-electron chi connectivity index (χ4n) is 0.989. The largest absolute Gasteiger partial charge is 0.477 e. The van der Waals surface area contributed by atoms with E-state index in [9.17, 15) is 26.7 Å². The SMILES string of the molecule is O=C(O)C(F)(F)c1ccc(SC(F)(F)F)cc1. The van der Waals surface area contributed by atoms with Crippen molar-refractivity contribution in [2.45, 2.75) is 16.3 Å². The summed E-state index contributed by atoms with van der Waals surface area (Å²) >= 11 is -0.464. The molecule has 1 aromatic rings. The van der Waals surface area contributed by atoms with Crippen molar-refractivity contribution in [3.8, 4) is 0 Å². The normalized spacial score (nSPS) is 12.5. The Labute approximate surface area is 96.4 Å². The number of carbonyl (C=O) groups is 1. The van der Waals surface area contributed by atoms with E-state index in [1.807, 2.05) is 0 Å². The molecule has 17 heavy (non-hydrogen) atoms. The molecule has 0 aliphatic carbocycles. The van der Waals surface area contributed by atoms with Gasteiger partial charge in [0.2, 0.25) is 0 Å². The molecule has 0 saturated carbocycles. The van der Waals surface area contributed by atoms with Gasteiger partial charge in [-0.05, 0) is 23.9 Å². The van der Waals surface area contributed by atoms with Crippen LogP contribution in [0.4, 0.5) is 22.0 Å². The third kappa shape index (κ3) is 3.58.